The molecular weight excluding hydrogens is 195 g/mol. The summed E-state index contributed by atoms with van der Waals surface area (Å²) in [5.74, 6) is 0. The second-order valence-corrected chi connectivity index (χ2v) is 2.30. The number of pyridine rings is 1. The molecule has 0 aliphatic rings. The highest BCUT2D eigenvalue weighted by molar-refractivity contribution is 5.85. The number of hydrogen-bond acceptors (Lipinski definition) is 2. The highest BCUT2D eigenvalue weighted by atomic mass is 35.5. The topological polar surface area (TPSA) is 24.9 Å². The molecule has 2 nitrogen and oxygen atoms in total. The molecule has 0 aliphatic carbocycles. The monoisotopic (exact) mass is 208 g/mol. The smallest absolute Gasteiger partial charge is 0.0315 e. The maximum Gasteiger partial charge on any atom is 0.0315 e. The van der Waals surface area contributed by atoms with Gasteiger partial charge in [-0.15, -0.1) is 24.8 Å². The average Bonchev–Trinajstić information content (AvgIpc) is 2.05. The number of nitrogens with zero attached hydrogens (tertiary/aromatic N) is 1. The third-order valence-electron chi connectivity index (χ3n) is 1.62. The predicted molar refractivity (Wildman–Crippen MR) is 56.2 cm³/mol. The van der Waals surface area contributed by atoms with E-state index in [-0.39, 0.29) is 24.8 Å². The van der Waals surface area contributed by atoms with Crippen molar-refractivity contribution in [2.45, 2.75) is 13.0 Å². The molecule has 0 saturated heterocycles. The molecule has 1 N–H and O–H groups in total. The molecule has 0 bridgehead atoms. The minimum Gasteiger partial charge on any atom is -0.313 e. The van der Waals surface area contributed by atoms with Crippen LogP contribution in [0.1, 0.15) is 18.5 Å². The average molecular weight is 209 g/mol. The Morgan fingerprint density at radius 2 is 2.08 bits per heavy atom. The molecule has 1 aromatic rings. The molecule has 0 saturated carbocycles. The zero-order valence-corrected chi connectivity index (χ0v) is 8.78. The Morgan fingerprint density at radius 3 is 2.50 bits per heavy atom. The fraction of sp³-hybridized carbons (Fsp3) is 0.375. The third-order valence-corrected chi connectivity index (χ3v) is 1.62. The molecule has 0 aliphatic heterocycles. The van der Waals surface area contributed by atoms with Gasteiger partial charge in [-0.05, 0) is 25.6 Å². The second kappa shape index (κ2) is 7.35. The number of halogens is 2. The molecule has 1 aromatic heterocycles. The first-order valence-corrected chi connectivity index (χ1v) is 3.42. The summed E-state index contributed by atoms with van der Waals surface area (Å²) < 4.78 is 0. The standard InChI is InChI=1S/C8H12N2.2ClH/c1-7(9-2)8-4-3-5-10-6-8;;/h3-7,9H,1-2H3;2*1H/t7-;;/m1../s1. The minimum atomic E-state index is 0. The first-order chi connectivity index (χ1) is 4.84. The van der Waals surface area contributed by atoms with Gasteiger partial charge in [0.1, 0.15) is 0 Å². The fourth-order valence-corrected chi connectivity index (χ4v) is 0.799. The van der Waals surface area contributed by atoms with Gasteiger partial charge in [-0.1, -0.05) is 6.07 Å². The van der Waals surface area contributed by atoms with Gasteiger partial charge in [0.2, 0.25) is 0 Å². The lowest BCUT2D eigenvalue weighted by atomic mass is 10.1. The van der Waals surface area contributed by atoms with Gasteiger partial charge in [-0.2, -0.15) is 0 Å². The Kier molecular flexibility index (Phi) is 8.71. The summed E-state index contributed by atoms with van der Waals surface area (Å²) in [5.41, 5.74) is 1.23. The number of hydrogen-bond donors (Lipinski definition) is 1. The molecule has 0 radical (unpaired) electrons. The van der Waals surface area contributed by atoms with E-state index in [4.69, 9.17) is 0 Å². The molecule has 4 heteroatoms. The summed E-state index contributed by atoms with van der Waals surface area (Å²) in [4.78, 5) is 4.01. The largest absolute Gasteiger partial charge is 0.313 e. The van der Waals surface area contributed by atoms with Crippen LogP contribution >= 0.6 is 24.8 Å². The first kappa shape index (κ1) is 14.2. The third kappa shape index (κ3) is 3.90. The zero-order chi connectivity index (χ0) is 7.40. The van der Waals surface area contributed by atoms with Gasteiger partial charge in [0, 0.05) is 18.4 Å². The van der Waals surface area contributed by atoms with E-state index < -0.39 is 0 Å². The van der Waals surface area contributed by atoms with Crippen LogP contribution < -0.4 is 5.32 Å². The van der Waals surface area contributed by atoms with Crippen molar-refractivity contribution in [3.63, 3.8) is 0 Å². The van der Waals surface area contributed by atoms with E-state index in [2.05, 4.69) is 23.3 Å². The van der Waals surface area contributed by atoms with Crippen LogP contribution in [0.25, 0.3) is 0 Å². The normalized spacial score (nSPS) is 10.8. The van der Waals surface area contributed by atoms with Crippen molar-refractivity contribution in [2.75, 3.05) is 7.05 Å². The molecule has 1 rings (SSSR count). The summed E-state index contributed by atoms with van der Waals surface area (Å²) in [5, 5.41) is 3.14. The highest BCUT2D eigenvalue weighted by Gasteiger charge is 1.98. The Balaban J connectivity index is 0. The van der Waals surface area contributed by atoms with Crippen molar-refractivity contribution < 1.29 is 0 Å². The molecule has 0 fully saturated rings. The molecule has 12 heavy (non-hydrogen) atoms. The van der Waals surface area contributed by atoms with Crippen molar-refractivity contribution in [3.8, 4) is 0 Å². The van der Waals surface area contributed by atoms with Gasteiger partial charge in [-0.25, -0.2) is 0 Å². The minimum absolute atomic E-state index is 0. The van der Waals surface area contributed by atoms with Crippen LogP contribution in [0.4, 0.5) is 0 Å². The van der Waals surface area contributed by atoms with E-state index in [0.717, 1.165) is 0 Å². The molecule has 1 heterocycles. The summed E-state index contributed by atoms with van der Waals surface area (Å²) >= 11 is 0. The van der Waals surface area contributed by atoms with Crippen LogP contribution in [0, 0.1) is 0 Å². The Labute approximate surface area is 85.6 Å². The second-order valence-electron chi connectivity index (χ2n) is 2.30. The molecular formula is C8H14Cl2N2. The lowest BCUT2D eigenvalue weighted by Gasteiger charge is -2.08. The van der Waals surface area contributed by atoms with Crippen molar-refractivity contribution in [1.82, 2.24) is 10.3 Å². The number of aromatic nitrogens is 1. The number of nitrogens with one attached hydrogen (secondary N) is 1. The maximum atomic E-state index is 4.01. The van der Waals surface area contributed by atoms with Crippen molar-refractivity contribution in [1.29, 1.82) is 0 Å². The van der Waals surface area contributed by atoms with E-state index in [1.165, 1.54) is 5.56 Å². The quantitative estimate of drug-likeness (QED) is 0.807. The van der Waals surface area contributed by atoms with Crippen LogP contribution in [0.5, 0.6) is 0 Å². The van der Waals surface area contributed by atoms with E-state index in [1.807, 2.05) is 19.3 Å². The van der Waals surface area contributed by atoms with E-state index in [1.54, 1.807) is 6.20 Å². The van der Waals surface area contributed by atoms with Crippen molar-refractivity contribution in [3.05, 3.63) is 30.1 Å². The summed E-state index contributed by atoms with van der Waals surface area (Å²) in [7, 11) is 1.94. The lowest BCUT2D eigenvalue weighted by Crippen LogP contribution is -2.12. The van der Waals surface area contributed by atoms with Gasteiger partial charge in [0.05, 0.1) is 0 Å². The van der Waals surface area contributed by atoms with E-state index >= 15 is 0 Å². The molecule has 70 valence electrons. The van der Waals surface area contributed by atoms with Crippen molar-refractivity contribution >= 4 is 24.8 Å². The van der Waals surface area contributed by atoms with Gasteiger partial charge < -0.3 is 5.32 Å². The maximum absolute atomic E-state index is 4.01. The number of rotatable bonds is 2. The van der Waals surface area contributed by atoms with E-state index in [0.29, 0.717) is 6.04 Å². The van der Waals surface area contributed by atoms with Crippen molar-refractivity contribution in [2.24, 2.45) is 0 Å². The van der Waals surface area contributed by atoms with Crippen LogP contribution in [-0.4, -0.2) is 12.0 Å². The molecule has 0 aromatic carbocycles. The van der Waals surface area contributed by atoms with Crippen LogP contribution in [0.3, 0.4) is 0 Å². The molecule has 0 spiro atoms. The van der Waals surface area contributed by atoms with E-state index in [9.17, 15) is 0 Å². The zero-order valence-electron chi connectivity index (χ0n) is 7.15. The molecule has 1 atom stereocenters. The van der Waals surface area contributed by atoms with Gasteiger partial charge in [-0.3, -0.25) is 4.98 Å². The highest BCUT2D eigenvalue weighted by Crippen LogP contribution is 2.07. The van der Waals surface area contributed by atoms with Crippen LogP contribution in [0.15, 0.2) is 24.5 Å². The van der Waals surface area contributed by atoms with Gasteiger partial charge in [0.25, 0.3) is 0 Å². The Morgan fingerprint density at radius 1 is 1.42 bits per heavy atom. The predicted octanol–water partition coefficient (Wildman–Crippen LogP) is 2.21. The Bertz CT molecular complexity index is 192. The SMILES string of the molecule is CN[C@H](C)c1cccnc1.Cl.Cl. The lowest BCUT2D eigenvalue weighted by molar-refractivity contribution is 0.649. The first-order valence-electron chi connectivity index (χ1n) is 3.42. The fourth-order valence-electron chi connectivity index (χ4n) is 0.799. The summed E-state index contributed by atoms with van der Waals surface area (Å²) in [6.45, 7) is 2.11. The van der Waals surface area contributed by atoms with Crippen LogP contribution in [0.2, 0.25) is 0 Å². The van der Waals surface area contributed by atoms with Crippen LogP contribution in [-0.2, 0) is 0 Å². The molecule has 0 amide bonds. The van der Waals surface area contributed by atoms with Gasteiger partial charge in [0.15, 0.2) is 0 Å². The summed E-state index contributed by atoms with van der Waals surface area (Å²) in [6, 6.07) is 4.41. The Hall–Kier alpha value is -0.310. The van der Waals surface area contributed by atoms with Gasteiger partial charge >= 0.3 is 0 Å². The molecule has 0 unspecified atom stereocenters. The summed E-state index contributed by atoms with van der Waals surface area (Å²) in [6.07, 6.45) is 3.66.